The summed E-state index contributed by atoms with van der Waals surface area (Å²) in [5.41, 5.74) is -1.67. The normalized spacial score (nSPS) is 22.0. The van der Waals surface area contributed by atoms with Crippen molar-refractivity contribution >= 4 is 173 Å². The van der Waals surface area contributed by atoms with Gasteiger partial charge in [0.25, 0.3) is 11.8 Å². The summed E-state index contributed by atoms with van der Waals surface area (Å²) in [6.45, 7) is 0.644. The van der Waals surface area contributed by atoms with E-state index < -0.39 is 69.5 Å². The molecule has 8 N–H and O–H groups in total. The SMILES string of the molecule is COC1=C(Br)C(O)[C@]2(C=C1Br)CC(C(=O)NCCCOc1c(Br)cc(CC(NC(=O)C(Cc3cc(Br)c(OCCCNC(=O)C4=NO[C@@]5(C=C(Br)C(OC)=C(Br)C5O)C4)c(Br)c3)NS(=O)(=O)O)C(=O)O)cc1Br)=NO2. The van der Waals surface area contributed by atoms with Crippen molar-refractivity contribution in [1.82, 2.24) is 20.7 Å². The predicted molar refractivity (Wildman–Crippen MR) is 299 cm³/mol. The molecule has 3 amide bonds. The summed E-state index contributed by atoms with van der Waals surface area (Å²) >= 11 is 27.2. The molecule has 22 nitrogen and oxygen atoms in total. The maximum atomic E-state index is 13.6. The molecule has 2 heterocycles. The van der Waals surface area contributed by atoms with Gasteiger partial charge in [0.05, 0.1) is 63.3 Å². The molecule has 0 bridgehead atoms. The van der Waals surface area contributed by atoms with Gasteiger partial charge in [-0.15, -0.1) is 0 Å². The van der Waals surface area contributed by atoms with Crippen LogP contribution in [0.5, 0.6) is 11.5 Å². The number of ether oxygens (including phenoxy) is 4. The lowest BCUT2D eigenvalue weighted by Gasteiger charge is -2.33. The van der Waals surface area contributed by atoms with E-state index in [9.17, 15) is 47.5 Å². The smallest absolute Gasteiger partial charge is 0.334 e. The summed E-state index contributed by atoms with van der Waals surface area (Å²) in [7, 11) is -2.08. The molecule has 2 spiro atoms. The van der Waals surface area contributed by atoms with Crippen LogP contribution >= 0.6 is 127 Å². The molecule has 31 heteroatoms. The first-order valence-electron chi connectivity index (χ1n) is 21.9. The number of amides is 3. The second-order valence-electron chi connectivity index (χ2n) is 16.7. The number of allylic oxidation sites excluding steroid dienone is 2. The summed E-state index contributed by atoms with van der Waals surface area (Å²) < 4.78 is 61.5. The van der Waals surface area contributed by atoms with Crippen molar-refractivity contribution in [2.75, 3.05) is 40.5 Å². The van der Waals surface area contributed by atoms with Crippen LogP contribution in [0, 0.1) is 0 Å². The van der Waals surface area contributed by atoms with Crippen molar-refractivity contribution in [3.8, 4) is 11.5 Å². The van der Waals surface area contributed by atoms with Crippen molar-refractivity contribution < 1.29 is 76.1 Å². The fourth-order valence-corrected chi connectivity index (χ4v) is 14.9. The van der Waals surface area contributed by atoms with Gasteiger partial charge in [0, 0.05) is 32.4 Å². The van der Waals surface area contributed by atoms with Crippen LogP contribution in [0.4, 0.5) is 0 Å². The number of benzene rings is 2. The number of aliphatic hydroxyl groups is 2. The third kappa shape index (κ3) is 15.0. The van der Waals surface area contributed by atoms with Gasteiger partial charge in [-0.25, -0.2) is 4.79 Å². The second kappa shape index (κ2) is 26.3. The molecule has 408 valence electrons. The third-order valence-corrected chi connectivity index (χ3v) is 17.1. The van der Waals surface area contributed by atoms with Crippen LogP contribution in [0.25, 0.3) is 0 Å². The molecule has 2 aliphatic carbocycles. The van der Waals surface area contributed by atoms with Gasteiger partial charge >= 0.3 is 16.3 Å². The van der Waals surface area contributed by atoms with Crippen LogP contribution in [-0.2, 0) is 61.5 Å². The van der Waals surface area contributed by atoms with Crippen LogP contribution in [0.3, 0.4) is 0 Å². The van der Waals surface area contributed by atoms with Crippen LogP contribution in [0.1, 0.15) is 36.8 Å². The molecule has 2 aliphatic heterocycles. The van der Waals surface area contributed by atoms with Gasteiger partial charge in [0.1, 0.15) is 58.7 Å². The quantitative estimate of drug-likeness (QED) is 0.0437. The summed E-state index contributed by atoms with van der Waals surface area (Å²) in [6.07, 6.45) is 0.899. The van der Waals surface area contributed by atoms with Crippen LogP contribution in [0.2, 0.25) is 0 Å². The zero-order chi connectivity index (χ0) is 55.2. The molecule has 2 aromatic carbocycles. The molecular weight excluding hydrogens is 1540 g/mol. The van der Waals surface area contributed by atoms with E-state index in [0.717, 1.165) is 0 Å². The first kappa shape index (κ1) is 61.3. The predicted octanol–water partition coefficient (Wildman–Crippen LogP) is 6.47. The second-order valence-corrected chi connectivity index (χ2v) is 24.7. The minimum atomic E-state index is -4.98. The summed E-state index contributed by atoms with van der Waals surface area (Å²) in [5.74, 6) is -2.00. The molecule has 0 saturated carbocycles. The van der Waals surface area contributed by atoms with Gasteiger partial charge < -0.3 is 59.9 Å². The number of carboxylic acids is 1. The van der Waals surface area contributed by atoms with Gasteiger partial charge in [0.2, 0.25) is 5.91 Å². The van der Waals surface area contributed by atoms with Crippen LogP contribution < -0.4 is 30.1 Å². The average molecular weight is 1580 g/mol. The Morgan fingerprint density at radius 2 is 1.08 bits per heavy atom. The third-order valence-electron chi connectivity index (χ3n) is 11.4. The van der Waals surface area contributed by atoms with E-state index in [2.05, 4.69) is 154 Å². The van der Waals surface area contributed by atoms with Crippen LogP contribution in [0.15, 0.2) is 94.1 Å². The number of methoxy groups -OCH3 is 2. The van der Waals surface area contributed by atoms with Crippen molar-refractivity contribution in [1.29, 1.82) is 0 Å². The van der Waals surface area contributed by atoms with Gasteiger partial charge in [-0.2, -0.15) is 13.1 Å². The minimum absolute atomic E-state index is 0.00773. The van der Waals surface area contributed by atoms with E-state index in [0.29, 0.717) is 82.8 Å². The summed E-state index contributed by atoms with van der Waals surface area (Å²) in [5, 5.41) is 47.6. The zero-order valence-corrected chi connectivity index (χ0v) is 52.4. The number of aliphatic hydroxyl groups excluding tert-OH is 2. The van der Waals surface area contributed by atoms with Gasteiger partial charge in [-0.3, -0.25) is 18.9 Å². The molecule has 0 aromatic heterocycles. The average Bonchev–Trinajstić information content (AvgIpc) is 3.96. The van der Waals surface area contributed by atoms with E-state index in [4.69, 9.17) is 28.6 Å². The number of carbonyl (C=O) groups is 4. The lowest BCUT2D eigenvalue weighted by Crippen LogP contribution is -2.52. The molecule has 2 aromatic rings. The summed E-state index contributed by atoms with van der Waals surface area (Å²) in [4.78, 5) is 63.0. The van der Waals surface area contributed by atoms with E-state index in [1.54, 1.807) is 36.4 Å². The number of rotatable bonds is 23. The molecule has 75 heavy (non-hydrogen) atoms. The fourth-order valence-electron chi connectivity index (χ4n) is 7.79. The van der Waals surface area contributed by atoms with Crippen molar-refractivity contribution in [2.24, 2.45) is 10.3 Å². The Balaban J connectivity index is 0.969. The van der Waals surface area contributed by atoms with Gasteiger partial charge in [-0.05, 0) is 194 Å². The Kier molecular flexibility index (Phi) is 21.5. The number of nitrogens with one attached hydrogen (secondary N) is 4. The lowest BCUT2D eigenvalue weighted by molar-refractivity contribution is -0.142. The highest BCUT2D eigenvalue weighted by atomic mass is 79.9. The number of carbonyl (C=O) groups excluding carboxylic acids is 3. The number of halogens is 8. The Labute approximate surface area is 496 Å². The maximum absolute atomic E-state index is 13.6. The first-order valence-corrected chi connectivity index (χ1v) is 29.7. The Morgan fingerprint density at radius 1 is 0.693 bits per heavy atom. The molecule has 4 unspecified atom stereocenters. The standard InChI is InChI=1S/C44H44Br8N6O16S/c1-69-35-25(49)15-43(37(59)31(35)51)17-29(56-73-43)39(61)53-5-3-7-71-33-21(45)9-19(10-22(33)46)13-27(58-75(66,67)68)41(63)55-28(42(64)65)14-20-11-23(47)34(24(48)12-20)72-8-4-6-54-40(62)30-18-44(74-57-30)16-26(50)36(70-2)32(52)38(44)60/h9-12,15-16,27-28,37-38,58-60H,3-8,13-14,17-18H2,1-2H3,(H,53,61)(H,54,62)(H,55,63)(H,64,65)(H,66,67,68)/t27?,28?,37?,38?,43-,44-/m0/s1. The first-order chi connectivity index (χ1) is 35.3. The number of aliphatic carboxylic acids is 1. The highest BCUT2D eigenvalue weighted by molar-refractivity contribution is 9.13. The Bertz CT molecular complexity index is 2880. The molecule has 0 fully saturated rings. The number of hydrogen-bond donors (Lipinski definition) is 8. The van der Waals surface area contributed by atoms with Crippen molar-refractivity contribution in [2.45, 2.75) is 74.0 Å². The van der Waals surface area contributed by atoms with Crippen LogP contribution in [-0.4, -0.2) is 139 Å². The van der Waals surface area contributed by atoms with E-state index >= 15 is 0 Å². The summed E-state index contributed by atoms with van der Waals surface area (Å²) in [6, 6.07) is 3.03. The van der Waals surface area contributed by atoms with E-state index in [-0.39, 0.29) is 63.4 Å². The largest absolute Gasteiger partial charge is 0.495 e. The number of carboxylic acid groups (broad SMARTS) is 1. The zero-order valence-electron chi connectivity index (χ0n) is 38.9. The molecule has 4 aliphatic rings. The Hall–Kier alpha value is -2.95. The molecule has 6 rings (SSSR count). The molecule has 6 atom stereocenters. The minimum Gasteiger partial charge on any atom is -0.495 e. The van der Waals surface area contributed by atoms with E-state index in [1.165, 1.54) is 14.2 Å². The van der Waals surface area contributed by atoms with Crippen molar-refractivity contribution in [3.63, 3.8) is 0 Å². The van der Waals surface area contributed by atoms with Gasteiger partial charge in [0.15, 0.2) is 11.2 Å². The number of nitrogens with zero attached hydrogens (tertiary/aromatic N) is 2. The Morgan fingerprint density at radius 3 is 1.44 bits per heavy atom. The number of hydrogen-bond acceptors (Lipinski definition) is 16. The molecule has 0 radical (unpaired) electrons. The molecular formula is C44H44Br8N6O16S. The molecule has 0 saturated heterocycles. The van der Waals surface area contributed by atoms with E-state index in [1.807, 2.05) is 4.72 Å². The monoisotopic (exact) mass is 1580 g/mol. The topological polar surface area (TPSA) is 312 Å². The fraction of sp³-hybridized carbons (Fsp3) is 0.409. The van der Waals surface area contributed by atoms with Gasteiger partial charge in [-0.1, -0.05) is 10.3 Å². The maximum Gasteiger partial charge on any atom is 0.334 e. The van der Waals surface area contributed by atoms with Crippen molar-refractivity contribution in [3.05, 3.63) is 94.9 Å². The highest BCUT2D eigenvalue weighted by Gasteiger charge is 2.52. The highest BCUT2D eigenvalue weighted by Crippen LogP contribution is 2.46. The number of oxime groups is 2. The lowest BCUT2D eigenvalue weighted by atomic mass is 9.87.